The zero-order chi connectivity index (χ0) is 16.9. The quantitative estimate of drug-likeness (QED) is 0.789. The highest BCUT2D eigenvalue weighted by Gasteiger charge is 2.22. The van der Waals surface area contributed by atoms with Crippen LogP contribution in [-0.2, 0) is 4.79 Å². The predicted molar refractivity (Wildman–Crippen MR) is 85.8 cm³/mol. The maximum atomic E-state index is 12.0. The minimum atomic E-state index is -0.122. The van der Waals surface area contributed by atoms with E-state index in [1.165, 1.54) is 6.26 Å². The van der Waals surface area contributed by atoms with Crippen LogP contribution >= 0.6 is 0 Å². The van der Waals surface area contributed by atoms with Gasteiger partial charge in [-0.3, -0.25) is 19.4 Å². The van der Waals surface area contributed by atoms with Crippen molar-refractivity contribution < 1.29 is 18.5 Å². The van der Waals surface area contributed by atoms with E-state index in [2.05, 4.69) is 20.3 Å². The highest BCUT2D eigenvalue weighted by molar-refractivity contribution is 5.95. The fourth-order valence-electron chi connectivity index (χ4n) is 2.63. The molecular formula is C16H20N4O4. The molecule has 2 aromatic rings. The van der Waals surface area contributed by atoms with E-state index in [1.807, 2.05) is 0 Å². The number of nitrogens with one attached hydrogen (secondary N) is 1. The molecule has 24 heavy (non-hydrogen) atoms. The minimum Gasteiger partial charge on any atom is -0.461 e. The van der Waals surface area contributed by atoms with Gasteiger partial charge in [-0.2, -0.15) is 0 Å². The van der Waals surface area contributed by atoms with Gasteiger partial charge in [0, 0.05) is 32.2 Å². The number of piperazine rings is 1. The van der Waals surface area contributed by atoms with Gasteiger partial charge in [-0.15, -0.1) is 0 Å². The molecule has 1 aliphatic heterocycles. The third-order valence-corrected chi connectivity index (χ3v) is 3.89. The van der Waals surface area contributed by atoms with Crippen LogP contribution in [0.1, 0.15) is 16.3 Å². The van der Waals surface area contributed by atoms with Gasteiger partial charge in [-0.1, -0.05) is 5.16 Å². The van der Waals surface area contributed by atoms with Crippen LogP contribution in [0.5, 0.6) is 0 Å². The van der Waals surface area contributed by atoms with Gasteiger partial charge in [0.15, 0.2) is 11.6 Å². The number of amides is 1. The normalized spacial score (nSPS) is 16.2. The molecule has 0 aliphatic carbocycles. The molecule has 1 aliphatic rings. The molecule has 1 N–H and O–H groups in total. The summed E-state index contributed by atoms with van der Waals surface area (Å²) in [6, 6.07) is 5.06. The van der Waals surface area contributed by atoms with E-state index in [0.29, 0.717) is 30.4 Å². The lowest BCUT2D eigenvalue weighted by molar-refractivity contribution is -0.117. The number of carbonyl (C=O) groups excluding carboxylic acids is 2. The fraction of sp³-hybridized carbons (Fsp3) is 0.438. The molecule has 2 aromatic heterocycles. The van der Waals surface area contributed by atoms with Crippen molar-refractivity contribution in [2.45, 2.75) is 6.92 Å². The van der Waals surface area contributed by atoms with E-state index in [1.54, 1.807) is 25.1 Å². The van der Waals surface area contributed by atoms with Crippen LogP contribution < -0.4 is 5.32 Å². The van der Waals surface area contributed by atoms with Crippen LogP contribution in [0.2, 0.25) is 0 Å². The molecule has 1 amide bonds. The minimum absolute atomic E-state index is 0.0207. The number of aromatic nitrogens is 1. The van der Waals surface area contributed by atoms with Gasteiger partial charge in [-0.05, 0) is 19.1 Å². The van der Waals surface area contributed by atoms with Crippen LogP contribution in [0.15, 0.2) is 33.4 Å². The van der Waals surface area contributed by atoms with E-state index in [0.717, 1.165) is 26.2 Å². The van der Waals surface area contributed by atoms with Crippen LogP contribution in [0.3, 0.4) is 0 Å². The highest BCUT2D eigenvalue weighted by atomic mass is 16.5. The summed E-state index contributed by atoms with van der Waals surface area (Å²) >= 11 is 0. The summed E-state index contributed by atoms with van der Waals surface area (Å²) in [5.41, 5.74) is 0. The number of Topliss-reactive ketones (excluding diaryl/α,β-unsaturated/α-hetero) is 1. The topological polar surface area (TPSA) is 91.8 Å². The third-order valence-electron chi connectivity index (χ3n) is 3.89. The Morgan fingerprint density at radius 2 is 1.92 bits per heavy atom. The van der Waals surface area contributed by atoms with Crippen LogP contribution in [0.25, 0.3) is 0 Å². The van der Waals surface area contributed by atoms with E-state index >= 15 is 0 Å². The van der Waals surface area contributed by atoms with Crippen LogP contribution in [-0.4, -0.2) is 65.9 Å². The molecule has 0 atom stereocenters. The smallest absolute Gasteiger partial charge is 0.239 e. The molecular weight excluding hydrogens is 312 g/mol. The van der Waals surface area contributed by atoms with Gasteiger partial charge in [0.25, 0.3) is 0 Å². The standard InChI is InChI=1S/C16H20N4O4/c1-12-9-15(18-24-12)17-16(22)11-20-6-4-19(5-7-20)10-13(21)14-3-2-8-23-14/h2-3,8-9H,4-7,10-11H2,1H3,(H,17,18,22). The maximum absolute atomic E-state index is 12.0. The van der Waals surface area contributed by atoms with Crippen molar-refractivity contribution in [2.75, 3.05) is 44.6 Å². The number of hydrogen-bond acceptors (Lipinski definition) is 7. The molecule has 1 saturated heterocycles. The summed E-state index contributed by atoms with van der Waals surface area (Å²) in [6.45, 7) is 5.35. The number of carbonyl (C=O) groups is 2. The van der Waals surface area contributed by atoms with Crippen molar-refractivity contribution in [1.29, 1.82) is 0 Å². The molecule has 0 radical (unpaired) electrons. The maximum Gasteiger partial charge on any atom is 0.239 e. The first kappa shape index (κ1) is 16.4. The van der Waals surface area contributed by atoms with Gasteiger partial charge in [-0.25, -0.2) is 0 Å². The molecule has 0 unspecified atom stereocenters. The van der Waals surface area contributed by atoms with Gasteiger partial charge in [0.05, 0.1) is 19.4 Å². The number of aryl methyl sites for hydroxylation is 1. The van der Waals surface area contributed by atoms with Gasteiger partial charge in [0.1, 0.15) is 5.76 Å². The second-order valence-corrected chi connectivity index (χ2v) is 5.82. The highest BCUT2D eigenvalue weighted by Crippen LogP contribution is 2.09. The zero-order valence-corrected chi connectivity index (χ0v) is 13.5. The van der Waals surface area contributed by atoms with Crippen LogP contribution in [0, 0.1) is 6.92 Å². The lowest BCUT2D eigenvalue weighted by atomic mass is 10.2. The van der Waals surface area contributed by atoms with Crippen LogP contribution in [0.4, 0.5) is 5.82 Å². The number of hydrogen-bond donors (Lipinski definition) is 1. The molecule has 128 valence electrons. The first-order valence-electron chi connectivity index (χ1n) is 7.85. The number of ketones is 1. The number of furan rings is 1. The summed E-state index contributed by atoms with van der Waals surface area (Å²) in [5.74, 6) is 1.33. The van der Waals surface area contributed by atoms with E-state index in [4.69, 9.17) is 8.94 Å². The monoisotopic (exact) mass is 332 g/mol. The Bertz CT molecular complexity index is 687. The molecule has 3 heterocycles. The second-order valence-electron chi connectivity index (χ2n) is 5.82. The lowest BCUT2D eigenvalue weighted by Crippen LogP contribution is -2.49. The molecule has 0 saturated carbocycles. The van der Waals surface area contributed by atoms with Crippen molar-refractivity contribution in [1.82, 2.24) is 15.0 Å². The van der Waals surface area contributed by atoms with E-state index in [9.17, 15) is 9.59 Å². The predicted octanol–water partition coefficient (Wildman–Crippen LogP) is 1.02. The average Bonchev–Trinajstić information content (AvgIpc) is 3.21. The number of nitrogens with zero attached hydrogens (tertiary/aromatic N) is 3. The molecule has 0 spiro atoms. The van der Waals surface area contributed by atoms with Gasteiger partial charge >= 0.3 is 0 Å². The molecule has 0 bridgehead atoms. The summed E-state index contributed by atoms with van der Waals surface area (Å²) < 4.78 is 10.0. The third kappa shape index (κ3) is 4.30. The summed E-state index contributed by atoms with van der Waals surface area (Å²) in [7, 11) is 0. The van der Waals surface area contributed by atoms with Crippen molar-refractivity contribution in [2.24, 2.45) is 0 Å². The largest absolute Gasteiger partial charge is 0.461 e. The fourth-order valence-corrected chi connectivity index (χ4v) is 2.63. The van der Waals surface area contributed by atoms with Gasteiger partial charge in [0.2, 0.25) is 11.7 Å². The Morgan fingerprint density at radius 3 is 2.50 bits per heavy atom. The second kappa shape index (κ2) is 7.41. The molecule has 1 fully saturated rings. The van der Waals surface area contributed by atoms with E-state index in [-0.39, 0.29) is 11.7 Å². The van der Waals surface area contributed by atoms with Crippen molar-refractivity contribution in [3.05, 3.63) is 36.0 Å². The summed E-state index contributed by atoms with van der Waals surface area (Å²) in [5, 5.41) is 6.44. The van der Waals surface area contributed by atoms with E-state index < -0.39 is 0 Å². The molecule has 8 nitrogen and oxygen atoms in total. The SMILES string of the molecule is Cc1cc(NC(=O)CN2CCN(CC(=O)c3ccco3)CC2)no1. The lowest BCUT2D eigenvalue weighted by Gasteiger charge is -2.33. The molecule has 0 aromatic carbocycles. The first-order valence-corrected chi connectivity index (χ1v) is 7.85. The number of rotatable bonds is 6. The first-order chi connectivity index (χ1) is 11.6. The Balaban J connectivity index is 1.40. The number of anilines is 1. The Labute approximate surface area is 139 Å². The van der Waals surface area contributed by atoms with Gasteiger partial charge < -0.3 is 14.3 Å². The Hall–Kier alpha value is -2.45. The summed E-state index contributed by atoms with van der Waals surface area (Å²) in [4.78, 5) is 28.1. The summed E-state index contributed by atoms with van der Waals surface area (Å²) in [6.07, 6.45) is 1.50. The molecule has 3 rings (SSSR count). The Kier molecular flexibility index (Phi) is 5.07. The van der Waals surface area contributed by atoms with Crippen molar-refractivity contribution in [3.8, 4) is 0 Å². The van der Waals surface area contributed by atoms with Crippen molar-refractivity contribution in [3.63, 3.8) is 0 Å². The zero-order valence-electron chi connectivity index (χ0n) is 13.5. The average molecular weight is 332 g/mol. The molecule has 8 heteroatoms. The Morgan fingerprint density at radius 1 is 1.21 bits per heavy atom. The van der Waals surface area contributed by atoms with Crippen molar-refractivity contribution >= 4 is 17.5 Å².